The van der Waals surface area contributed by atoms with Crippen LogP contribution in [-0.4, -0.2) is 44.0 Å². The minimum absolute atomic E-state index is 0.00690. The number of aromatic nitrogens is 1. The van der Waals surface area contributed by atoms with Crippen LogP contribution in [0.1, 0.15) is 39.2 Å². The van der Waals surface area contributed by atoms with Gasteiger partial charge >= 0.3 is 5.97 Å². The summed E-state index contributed by atoms with van der Waals surface area (Å²) in [5.41, 5.74) is 2.56. The number of hydrogen-bond donors (Lipinski definition) is 1. The number of rotatable bonds is 11. The van der Waals surface area contributed by atoms with Gasteiger partial charge in [0.05, 0.1) is 24.8 Å². The Morgan fingerprint density at radius 3 is 2.55 bits per heavy atom. The molecule has 1 amide bonds. The number of hydrogen-bond acceptors (Lipinski definition) is 7. The molecule has 1 N–H and O–H groups in total. The Bertz CT molecular complexity index is 1710. The smallest absolute Gasteiger partial charge is 0.303 e. The molecule has 0 spiro atoms. The fourth-order valence-corrected chi connectivity index (χ4v) is 6.23. The Hall–Kier alpha value is -3.96. The van der Waals surface area contributed by atoms with Crippen LogP contribution < -0.4 is 4.74 Å². The van der Waals surface area contributed by atoms with E-state index < -0.39 is 27.4 Å². The van der Waals surface area contributed by atoms with Gasteiger partial charge in [-0.1, -0.05) is 29.8 Å². The molecule has 0 bridgehead atoms. The largest absolute Gasteiger partial charge is 0.481 e. The first-order chi connectivity index (χ1) is 19.0. The monoisotopic (exact) mass is 582 g/mol. The molecule has 0 aliphatic rings. The molecule has 0 saturated carbocycles. The van der Waals surface area contributed by atoms with Gasteiger partial charge in [0.15, 0.2) is 0 Å². The van der Waals surface area contributed by atoms with Crippen LogP contribution in [-0.2, 0) is 32.2 Å². The van der Waals surface area contributed by atoms with Gasteiger partial charge in [-0.3, -0.25) is 19.4 Å². The number of carboxylic acid groups (broad SMARTS) is 1. The maximum Gasteiger partial charge on any atom is 0.303 e. The van der Waals surface area contributed by atoms with Crippen LogP contribution in [0.4, 0.5) is 4.39 Å². The number of fused-ring (bicyclic) bond motifs is 1. The van der Waals surface area contributed by atoms with Crippen LogP contribution in [0.3, 0.4) is 0 Å². The molecule has 2 aromatic heterocycles. The Balaban J connectivity index is 1.44. The van der Waals surface area contributed by atoms with Gasteiger partial charge in [-0.2, -0.15) is 4.36 Å². The number of ether oxygens (including phenoxy) is 1. The second-order valence-corrected chi connectivity index (χ2v) is 13.0. The molecular formula is C29H27FN2O6S2. The fraction of sp³-hybridized carbons (Fsp3) is 0.241. The maximum absolute atomic E-state index is 14.0. The summed E-state index contributed by atoms with van der Waals surface area (Å²) in [6.45, 7) is 1.85. The average Bonchev–Trinajstić information content (AvgIpc) is 3.33. The molecule has 0 fully saturated rings. The highest BCUT2D eigenvalue weighted by Crippen LogP contribution is 2.35. The number of aryl methyl sites for hydroxylation is 1. The standard InChI is InChI=1S/C29H27FN2O6S2/c1-18-5-10-23(30)20(14-18)16-21(33)15-19-6-8-22(9-7-19)38-25-11-12-31-24-17-26(39-28(24)25)29(36)32-40(2,37)13-3-4-27(34)35/h5-12,14,17H,3-4,13,15-16H2,1-2H3,(H,34,35). The van der Waals surface area contributed by atoms with Gasteiger partial charge in [0, 0.05) is 43.5 Å². The number of carbonyl (C=O) groups excluding carboxylic acids is 2. The van der Waals surface area contributed by atoms with Gasteiger partial charge in [-0.05, 0) is 48.7 Å². The molecule has 4 rings (SSSR count). The van der Waals surface area contributed by atoms with E-state index in [1.807, 2.05) is 6.92 Å². The quantitative estimate of drug-likeness (QED) is 0.230. The molecule has 1 atom stereocenters. The summed E-state index contributed by atoms with van der Waals surface area (Å²) < 4.78 is 37.1. The molecule has 40 heavy (non-hydrogen) atoms. The third-order valence-corrected chi connectivity index (χ3v) is 8.64. The summed E-state index contributed by atoms with van der Waals surface area (Å²) in [6, 6.07) is 14.9. The third kappa shape index (κ3) is 7.80. The first-order valence-corrected chi connectivity index (χ1v) is 15.3. The second-order valence-electron chi connectivity index (χ2n) is 9.42. The lowest BCUT2D eigenvalue weighted by atomic mass is 10.0. The van der Waals surface area contributed by atoms with Crippen LogP contribution in [0, 0.1) is 12.7 Å². The highest BCUT2D eigenvalue weighted by Gasteiger charge is 2.17. The average molecular weight is 583 g/mol. The molecule has 1 unspecified atom stereocenters. The van der Waals surface area contributed by atoms with E-state index in [4.69, 9.17) is 9.84 Å². The van der Waals surface area contributed by atoms with E-state index in [0.717, 1.165) is 22.5 Å². The molecule has 8 nitrogen and oxygen atoms in total. The predicted molar refractivity (Wildman–Crippen MR) is 152 cm³/mol. The molecule has 2 heterocycles. The highest BCUT2D eigenvalue weighted by atomic mass is 32.2. The number of carbonyl (C=O) groups is 3. The molecule has 2 aromatic carbocycles. The van der Waals surface area contributed by atoms with Crippen molar-refractivity contribution in [1.29, 1.82) is 0 Å². The number of thiophene rings is 1. The maximum atomic E-state index is 14.0. The van der Waals surface area contributed by atoms with Crippen molar-refractivity contribution in [3.63, 3.8) is 0 Å². The van der Waals surface area contributed by atoms with E-state index in [1.165, 1.54) is 12.3 Å². The first-order valence-electron chi connectivity index (χ1n) is 12.4. The number of nitrogens with zero attached hydrogens (tertiary/aromatic N) is 2. The second kappa shape index (κ2) is 12.5. The Morgan fingerprint density at radius 1 is 1.07 bits per heavy atom. The summed E-state index contributed by atoms with van der Waals surface area (Å²) in [4.78, 5) is 40.4. The lowest BCUT2D eigenvalue weighted by molar-refractivity contribution is -0.137. The van der Waals surface area contributed by atoms with Gasteiger partial charge in [0.25, 0.3) is 5.91 Å². The van der Waals surface area contributed by atoms with Crippen molar-refractivity contribution in [1.82, 2.24) is 4.98 Å². The number of Topliss-reactive ketones (excluding diaryl/α,β-unsaturated/α-hetero) is 1. The van der Waals surface area contributed by atoms with Gasteiger partial charge in [-0.25, -0.2) is 8.60 Å². The number of ketones is 1. The van der Waals surface area contributed by atoms with Crippen molar-refractivity contribution in [2.75, 3.05) is 12.0 Å². The van der Waals surface area contributed by atoms with Crippen molar-refractivity contribution < 1.29 is 32.8 Å². The van der Waals surface area contributed by atoms with E-state index in [1.54, 1.807) is 54.7 Å². The van der Waals surface area contributed by atoms with Gasteiger partial charge in [-0.15, -0.1) is 11.3 Å². The fourth-order valence-electron chi connectivity index (χ4n) is 4.00. The number of aliphatic carboxylic acids is 1. The lowest BCUT2D eigenvalue weighted by Gasteiger charge is -2.08. The Kier molecular flexibility index (Phi) is 9.06. The van der Waals surface area contributed by atoms with Crippen LogP contribution in [0.5, 0.6) is 11.5 Å². The Morgan fingerprint density at radius 2 is 1.82 bits per heavy atom. The zero-order valence-corrected chi connectivity index (χ0v) is 23.5. The van der Waals surface area contributed by atoms with E-state index in [-0.39, 0.29) is 42.1 Å². The molecule has 0 aliphatic carbocycles. The molecule has 208 valence electrons. The van der Waals surface area contributed by atoms with Crippen LogP contribution >= 0.6 is 11.3 Å². The van der Waals surface area contributed by atoms with E-state index in [2.05, 4.69) is 9.35 Å². The van der Waals surface area contributed by atoms with Crippen molar-refractivity contribution >= 4 is 48.9 Å². The Labute approximate surface area is 235 Å². The van der Waals surface area contributed by atoms with Crippen LogP contribution in [0.25, 0.3) is 10.2 Å². The van der Waals surface area contributed by atoms with E-state index >= 15 is 0 Å². The van der Waals surface area contributed by atoms with Gasteiger partial charge < -0.3 is 9.84 Å². The topological polar surface area (TPSA) is 123 Å². The molecule has 0 saturated heterocycles. The predicted octanol–water partition coefficient (Wildman–Crippen LogP) is 5.99. The first kappa shape index (κ1) is 29.0. The number of pyridine rings is 1. The van der Waals surface area contributed by atoms with Crippen molar-refractivity contribution in [3.8, 4) is 11.5 Å². The van der Waals surface area contributed by atoms with Crippen LogP contribution in [0.2, 0.25) is 0 Å². The summed E-state index contributed by atoms with van der Waals surface area (Å²) in [5, 5.41) is 8.76. The normalized spacial score (nSPS) is 12.6. The molecule has 0 radical (unpaired) electrons. The zero-order chi connectivity index (χ0) is 28.9. The van der Waals surface area contributed by atoms with Gasteiger partial charge in [0.1, 0.15) is 23.1 Å². The molecule has 11 heteroatoms. The summed E-state index contributed by atoms with van der Waals surface area (Å²) >= 11 is 1.11. The highest BCUT2D eigenvalue weighted by molar-refractivity contribution is 7.93. The molecule has 4 aromatic rings. The third-order valence-electron chi connectivity index (χ3n) is 5.92. The van der Waals surface area contributed by atoms with Crippen molar-refractivity contribution in [2.24, 2.45) is 4.36 Å². The SMILES string of the molecule is Cc1ccc(F)c(CC(=O)Cc2ccc(Oc3ccnc4cc(C(=O)N=S(C)(=O)CCCC(=O)O)sc34)cc2)c1. The zero-order valence-electron chi connectivity index (χ0n) is 21.9. The summed E-state index contributed by atoms with van der Waals surface area (Å²) in [5.74, 6) is -1.17. The van der Waals surface area contributed by atoms with Crippen LogP contribution in [0.15, 0.2) is 65.2 Å². The van der Waals surface area contributed by atoms with Crippen molar-refractivity contribution in [3.05, 3.63) is 88.2 Å². The summed E-state index contributed by atoms with van der Waals surface area (Å²) in [7, 11) is -2.88. The number of carboxylic acids is 1. The van der Waals surface area contributed by atoms with Gasteiger partial charge in [0.2, 0.25) is 0 Å². The van der Waals surface area contributed by atoms with E-state index in [0.29, 0.717) is 27.3 Å². The number of amides is 1. The van der Waals surface area contributed by atoms with Crippen molar-refractivity contribution in [2.45, 2.75) is 32.6 Å². The molecular weight excluding hydrogens is 555 g/mol. The minimum Gasteiger partial charge on any atom is -0.481 e. The minimum atomic E-state index is -2.88. The summed E-state index contributed by atoms with van der Waals surface area (Å²) in [6.07, 6.45) is 3.07. The van der Waals surface area contributed by atoms with E-state index in [9.17, 15) is 23.0 Å². The number of benzene rings is 2. The number of halogens is 1. The lowest BCUT2D eigenvalue weighted by Crippen LogP contribution is -2.08. The molecule has 0 aliphatic heterocycles.